The predicted octanol–water partition coefficient (Wildman–Crippen LogP) is -0.366. The monoisotopic (exact) mass is 483 g/mol. The molecule has 3 aliphatic heterocycles. The molecule has 0 bridgehead atoms. The summed E-state index contributed by atoms with van der Waals surface area (Å²) in [7, 11) is 2.12. The summed E-state index contributed by atoms with van der Waals surface area (Å²) in [4.78, 5) is 35.5. The molecule has 0 aromatic carbocycles. The predicted molar refractivity (Wildman–Crippen MR) is 125 cm³/mol. The van der Waals surface area contributed by atoms with Gasteiger partial charge in [0, 0.05) is 64.6 Å². The van der Waals surface area contributed by atoms with E-state index in [1.54, 1.807) is 6.20 Å². The van der Waals surface area contributed by atoms with Crippen molar-refractivity contribution in [1.82, 2.24) is 25.4 Å². The summed E-state index contributed by atoms with van der Waals surface area (Å²) < 4.78 is 13.5. The van der Waals surface area contributed by atoms with Crippen LogP contribution in [-0.4, -0.2) is 105 Å². The van der Waals surface area contributed by atoms with Crippen LogP contribution in [0.1, 0.15) is 0 Å². The second-order valence-electron chi connectivity index (χ2n) is 8.92. The number of carbonyl (C=O) groups excluding carboxylic acids is 1. The van der Waals surface area contributed by atoms with Gasteiger partial charge >= 0.3 is 0 Å². The van der Waals surface area contributed by atoms with Gasteiger partial charge in [-0.3, -0.25) is 25.3 Å². The van der Waals surface area contributed by atoms with Crippen molar-refractivity contribution in [3.8, 4) is 0 Å². The number of nitroso groups, excluding NO2 is 1. The van der Waals surface area contributed by atoms with E-state index >= 15 is 0 Å². The molecule has 33 heavy (non-hydrogen) atoms. The van der Waals surface area contributed by atoms with Gasteiger partial charge in [0.25, 0.3) is 0 Å². The Morgan fingerprint density at radius 3 is 2.73 bits per heavy atom. The number of nitrogens with one attached hydrogen (secondary N) is 3. The van der Waals surface area contributed by atoms with Crippen molar-refractivity contribution in [3.05, 3.63) is 22.3 Å². The standard InChI is InChI=1S/C20H31ClFN9O2/c1-29-2-3-30-4-5-31(11-13(30)10-29)17-14(21)8-24-9-15(17)27-20(32)16(18(23)28-33)19-25-6-12(22)7-26-19/h8-9,12-13,16,18-19,25-26H,2-7,10-11,23H2,1H3,(H,27,32). The number of nitrogens with zero attached hydrogens (tertiary/aromatic N) is 5. The number of anilines is 2. The molecule has 1 amide bonds. The Labute approximate surface area is 197 Å². The molecule has 1 aromatic rings. The van der Waals surface area contributed by atoms with E-state index in [-0.39, 0.29) is 13.1 Å². The normalized spacial score (nSPS) is 28.6. The number of fused-ring (bicyclic) bond motifs is 1. The van der Waals surface area contributed by atoms with Gasteiger partial charge in [-0.2, -0.15) is 0 Å². The first kappa shape index (κ1) is 24.2. The number of rotatable bonds is 6. The maximum absolute atomic E-state index is 13.5. The van der Waals surface area contributed by atoms with E-state index in [1.165, 1.54) is 6.20 Å². The van der Waals surface area contributed by atoms with Gasteiger partial charge < -0.3 is 20.9 Å². The van der Waals surface area contributed by atoms with Crippen LogP contribution >= 0.6 is 11.6 Å². The van der Waals surface area contributed by atoms with Gasteiger partial charge in [-0.1, -0.05) is 16.8 Å². The van der Waals surface area contributed by atoms with Gasteiger partial charge in [0.1, 0.15) is 12.1 Å². The maximum atomic E-state index is 13.5. The summed E-state index contributed by atoms with van der Waals surface area (Å²) in [5, 5.41) is 11.9. The average molecular weight is 484 g/mol. The molecular formula is C20H31ClFN9O2. The van der Waals surface area contributed by atoms with E-state index in [0.717, 1.165) is 39.3 Å². The summed E-state index contributed by atoms with van der Waals surface area (Å²) in [5.74, 6) is -1.57. The number of piperazine rings is 2. The number of carbonyl (C=O) groups is 1. The third-order valence-corrected chi connectivity index (χ3v) is 6.89. The summed E-state index contributed by atoms with van der Waals surface area (Å²) in [5.41, 5.74) is 6.98. The molecule has 3 unspecified atom stereocenters. The molecule has 4 rings (SSSR count). The molecule has 3 fully saturated rings. The number of alkyl halides is 1. The van der Waals surface area contributed by atoms with E-state index in [2.05, 4.69) is 47.9 Å². The van der Waals surface area contributed by atoms with Crippen LogP contribution in [0, 0.1) is 10.8 Å². The summed E-state index contributed by atoms with van der Waals surface area (Å²) in [6, 6.07) is 0.356. The fourth-order valence-electron chi connectivity index (χ4n) is 4.85. The first-order chi connectivity index (χ1) is 15.9. The first-order valence-electron chi connectivity index (χ1n) is 11.2. The summed E-state index contributed by atoms with van der Waals surface area (Å²) in [6.07, 6.45) is -0.0149. The number of halogens is 2. The second kappa shape index (κ2) is 10.5. The van der Waals surface area contributed by atoms with Crippen molar-refractivity contribution in [2.45, 2.75) is 24.5 Å². The molecule has 1 aromatic heterocycles. The summed E-state index contributed by atoms with van der Waals surface area (Å²) in [6.45, 7) is 5.56. The lowest BCUT2D eigenvalue weighted by atomic mass is 9.99. The highest BCUT2D eigenvalue weighted by molar-refractivity contribution is 6.34. The average Bonchev–Trinajstić information content (AvgIpc) is 2.80. The molecule has 11 nitrogen and oxygen atoms in total. The van der Waals surface area contributed by atoms with Crippen LogP contribution in [0.3, 0.4) is 0 Å². The van der Waals surface area contributed by atoms with Crippen LogP contribution in [0.2, 0.25) is 5.02 Å². The van der Waals surface area contributed by atoms with Gasteiger partial charge in [0.05, 0.1) is 28.8 Å². The minimum Gasteiger partial charge on any atom is -0.366 e. The second-order valence-corrected chi connectivity index (χ2v) is 9.33. The van der Waals surface area contributed by atoms with Crippen LogP contribution in [0.4, 0.5) is 15.8 Å². The largest absolute Gasteiger partial charge is 0.366 e. The van der Waals surface area contributed by atoms with Gasteiger partial charge in [0.2, 0.25) is 5.91 Å². The highest BCUT2D eigenvalue weighted by Crippen LogP contribution is 2.35. The Balaban J connectivity index is 1.53. The highest BCUT2D eigenvalue weighted by atomic mass is 35.5. The van der Waals surface area contributed by atoms with Crippen molar-refractivity contribution in [2.24, 2.45) is 16.8 Å². The number of amides is 1. The minimum atomic E-state index is -1.32. The molecule has 0 aliphatic carbocycles. The molecule has 5 N–H and O–H groups in total. The zero-order chi connectivity index (χ0) is 23.5. The molecular weight excluding hydrogens is 453 g/mol. The van der Waals surface area contributed by atoms with Crippen molar-refractivity contribution in [1.29, 1.82) is 0 Å². The zero-order valence-electron chi connectivity index (χ0n) is 18.6. The SMILES string of the molecule is CN1CCN2CCN(c3c(Cl)cncc3NC(=O)C(C(N)N=O)C3NCC(F)CN3)CC2C1. The lowest BCUT2D eigenvalue weighted by Crippen LogP contribution is -2.62. The third kappa shape index (κ3) is 5.42. The Morgan fingerprint density at radius 2 is 2.00 bits per heavy atom. The van der Waals surface area contributed by atoms with Crippen molar-refractivity contribution >= 4 is 28.9 Å². The zero-order valence-corrected chi connectivity index (χ0v) is 19.3. The van der Waals surface area contributed by atoms with E-state index in [1.807, 2.05) is 0 Å². The first-order valence-corrected chi connectivity index (χ1v) is 11.6. The molecule has 4 heterocycles. The molecule has 3 aliphatic rings. The van der Waals surface area contributed by atoms with E-state index in [4.69, 9.17) is 17.3 Å². The molecule has 3 saturated heterocycles. The van der Waals surface area contributed by atoms with E-state index < -0.39 is 30.3 Å². The number of hydrogen-bond donors (Lipinski definition) is 4. The van der Waals surface area contributed by atoms with Crippen LogP contribution in [0.5, 0.6) is 0 Å². The van der Waals surface area contributed by atoms with Gasteiger partial charge in [0.15, 0.2) is 6.17 Å². The molecule has 0 saturated carbocycles. The van der Waals surface area contributed by atoms with E-state index in [9.17, 15) is 14.1 Å². The van der Waals surface area contributed by atoms with Gasteiger partial charge in [-0.25, -0.2) is 4.39 Å². The fraction of sp³-hybridized carbons (Fsp3) is 0.700. The van der Waals surface area contributed by atoms with Gasteiger partial charge in [-0.15, -0.1) is 4.91 Å². The van der Waals surface area contributed by atoms with Gasteiger partial charge in [-0.05, 0) is 7.05 Å². The van der Waals surface area contributed by atoms with Crippen LogP contribution in [0.15, 0.2) is 17.6 Å². The van der Waals surface area contributed by atoms with Crippen LogP contribution < -0.4 is 26.6 Å². The molecule has 182 valence electrons. The lowest BCUT2D eigenvalue weighted by Gasteiger charge is -2.47. The Morgan fingerprint density at radius 1 is 1.27 bits per heavy atom. The smallest absolute Gasteiger partial charge is 0.234 e. The topological polar surface area (TPSA) is 131 Å². The molecule has 0 spiro atoms. The Hall–Kier alpha value is -1.96. The number of nitrogens with two attached hydrogens (primary N) is 1. The maximum Gasteiger partial charge on any atom is 0.234 e. The Kier molecular flexibility index (Phi) is 7.72. The summed E-state index contributed by atoms with van der Waals surface area (Å²) >= 11 is 6.55. The Bertz CT molecular complexity index is 857. The number of hydrogen-bond acceptors (Lipinski definition) is 10. The van der Waals surface area contributed by atoms with Crippen molar-refractivity contribution < 1.29 is 9.18 Å². The quantitative estimate of drug-likeness (QED) is 0.400. The molecule has 13 heteroatoms. The molecule has 3 atom stereocenters. The van der Waals surface area contributed by atoms with Crippen molar-refractivity contribution in [3.63, 3.8) is 0 Å². The molecule has 0 radical (unpaired) electrons. The minimum absolute atomic E-state index is 0.0527. The fourth-order valence-corrected chi connectivity index (χ4v) is 5.13. The van der Waals surface area contributed by atoms with Crippen LogP contribution in [0.25, 0.3) is 0 Å². The van der Waals surface area contributed by atoms with E-state index in [0.29, 0.717) is 22.4 Å². The van der Waals surface area contributed by atoms with Crippen molar-refractivity contribution in [2.75, 3.05) is 69.6 Å². The number of pyridine rings is 1. The third-order valence-electron chi connectivity index (χ3n) is 6.61. The lowest BCUT2D eigenvalue weighted by molar-refractivity contribution is -0.122. The van der Waals surface area contributed by atoms with Crippen LogP contribution in [-0.2, 0) is 4.79 Å². The highest BCUT2D eigenvalue weighted by Gasteiger charge is 2.38. The number of aromatic nitrogens is 1. The number of likely N-dealkylation sites (N-methyl/N-ethyl adjacent to an activating group) is 1.